The van der Waals surface area contributed by atoms with Crippen molar-refractivity contribution in [2.24, 2.45) is 0 Å². The van der Waals surface area contributed by atoms with Crippen molar-refractivity contribution in [2.75, 3.05) is 54.1 Å². The summed E-state index contributed by atoms with van der Waals surface area (Å²) in [5.41, 5.74) is 4.90. The lowest BCUT2D eigenvalue weighted by molar-refractivity contribution is -0.180. The molecule has 1 aliphatic rings. The molecule has 3 aromatic carbocycles. The number of amides is 1. The molecule has 0 spiro atoms. The lowest BCUT2D eigenvalue weighted by Crippen LogP contribution is -2.36. The van der Waals surface area contributed by atoms with Gasteiger partial charge in [-0.05, 0) is 47.7 Å². The molecule has 47 heavy (non-hydrogen) atoms. The van der Waals surface area contributed by atoms with E-state index in [4.69, 9.17) is 23.7 Å². The van der Waals surface area contributed by atoms with Gasteiger partial charge in [-0.1, -0.05) is 61.4 Å². The fourth-order valence-corrected chi connectivity index (χ4v) is 5.28. The highest BCUT2D eigenvalue weighted by molar-refractivity contribution is 5.67. The third-order valence-electron chi connectivity index (χ3n) is 8.05. The number of carbonyl (C=O) groups is 1. The predicted molar refractivity (Wildman–Crippen MR) is 184 cm³/mol. The van der Waals surface area contributed by atoms with Crippen LogP contribution >= 0.6 is 0 Å². The van der Waals surface area contributed by atoms with Crippen LogP contribution in [0.4, 0.5) is 10.5 Å². The molecule has 1 aliphatic heterocycles. The highest BCUT2D eigenvalue weighted by atomic mass is 16.7. The second kappa shape index (κ2) is 17.6. The summed E-state index contributed by atoms with van der Waals surface area (Å²) in [7, 11) is 6.46. The van der Waals surface area contributed by atoms with E-state index in [1.807, 2.05) is 62.4 Å². The maximum Gasteiger partial charge on any atom is 0.410 e. The zero-order valence-corrected chi connectivity index (χ0v) is 28.8. The van der Waals surface area contributed by atoms with Crippen LogP contribution in [-0.4, -0.2) is 75.9 Å². The first kappa shape index (κ1) is 36.4. The zero-order chi connectivity index (χ0) is 33.7. The minimum atomic E-state index is -0.878. The van der Waals surface area contributed by atoms with Crippen LogP contribution in [0.2, 0.25) is 0 Å². The van der Waals surface area contributed by atoms with E-state index >= 15 is 0 Å². The van der Waals surface area contributed by atoms with E-state index < -0.39 is 18.0 Å². The Kier molecular flexibility index (Phi) is 13.6. The summed E-state index contributed by atoms with van der Waals surface area (Å²) in [6.07, 6.45) is 2.33. The van der Waals surface area contributed by atoms with Gasteiger partial charge in [-0.25, -0.2) is 4.79 Å². The molecule has 9 heteroatoms. The number of hydrogen-bond donors (Lipinski definition) is 1. The third-order valence-corrected chi connectivity index (χ3v) is 8.05. The summed E-state index contributed by atoms with van der Waals surface area (Å²) in [6, 6.07) is 23.7. The molecule has 1 amide bonds. The molecule has 0 fully saturated rings. The molecule has 3 aromatic rings. The molecule has 0 aliphatic carbocycles. The highest BCUT2D eigenvalue weighted by Crippen LogP contribution is 2.33. The van der Waals surface area contributed by atoms with Crippen molar-refractivity contribution in [2.45, 2.75) is 71.2 Å². The van der Waals surface area contributed by atoms with Gasteiger partial charge >= 0.3 is 6.09 Å². The molecule has 4 rings (SSSR count). The molecule has 256 valence electrons. The van der Waals surface area contributed by atoms with Crippen LogP contribution in [0.15, 0.2) is 72.8 Å². The largest absolute Gasteiger partial charge is 0.463 e. The molecule has 0 saturated heterocycles. The molecule has 0 saturated carbocycles. The number of aliphatic hydroxyl groups excluding tert-OH is 1. The monoisotopic (exact) mass is 649 g/mol. The van der Waals surface area contributed by atoms with Gasteiger partial charge in [0.15, 0.2) is 0 Å². The van der Waals surface area contributed by atoms with Crippen molar-refractivity contribution in [3.8, 4) is 5.75 Å². The Morgan fingerprint density at radius 2 is 1.62 bits per heavy atom. The van der Waals surface area contributed by atoms with Gasteiger partial charge in [-0.15, -0.1) is 0 Å². The Bertz CT molecular complexity index is 1390. The van der Waals surface area contributed by atoms with Crippen molar-refractivity contribution < 1.29 is 33.6 Å². The van der Waals surface area contributed by atoms with Crippen LogP contribution in [0.5, 0.6) is 5.75 Å². The number of rotatable bonds is 18. The number of ether oxygens (including phenoxy) is 5. The summed E-state index contributed by atoms with van der Waals surface area (Å²) in [6.45, 7) is 7.29. The molecule has 0 aromatic heterocycles. The molecule has 1 heterocycles. The molecule has 0 unspecified atom stereocenters. The van der Waals surface area contributed by atoms with Crippen LogP contribution in [0.1, 0.15) is 67.9 Å². The maximum absolute atomic E-state index is 13.1. The summed E-state index contributed by atoms with van der Waals surface area (Å²) >= 11 is 0. The summed E-state index contributed by atoms with van der Waals surface area (Å²) in [5, 5.41) is 11.1. The number of benzene rings is 3. The van der Waals surface area contributed by atoms with E-state index in [1.165, 1.54) is 5.69 Å². The van der Waals surface area contributed by atoms with Gasteiger partial charge < -0.3 is 33.7 Å². The number of quaternary nitrogens is 1. The molecule has 0 radical (unpaired) electrons. The number of nitrogens with zero attached hydrogens (tertiary/aromatic N) is 2. The van der Waals surface area contributed by atoms with Gasteiger partial charge in [0, 0.05) is 38.6 Å². The minimum Gasteiger partial charge on any atom is -0.463 e. The first-order valence-electron chi connectivity index (χ1n) is 16.7. The average molecular weight is 650 g/mol. The molecule has 1 atom stereocenters. The number of fused-ring (bicyclic) bond motifs is 1. The Labute approximate surface area is 280 Å². The summed E-state index contributed by atoms with van der Waals surface area (Å²) < 4.78 is 29.7. The second-order valence-corrected chi connectivity index (χ2v) is 13.4. The van der Waals surface area contributed by atoms with Gasteiger partial charge in [0.2, 0.25) is 5.79 Å². The van der Waals surface area contributed by atoms with E-state index in [-0.39, 0.29) is 13.2 Å². The van der Waals surface area contributed by atoms with E-state index in [2.05, 4.69) is 45.4 Å². The van der Waals surface area contributed by atoms with Gasteiger partial charge in [-0.3, -0.25) is 4.48 Å². The van der Waals surface area contributed by atoms with Gasteiger partial charge in [0.25, 0.3) is 0 Å². The first-order valence-corrected chi connectivity index (χ1v) is 16.7. The Morgan fingerprint density at radius 1 is 0.872 bits per heavy atom. The molecule has 9 nitrogen and oxygen atoms in total. The lowest BCUT2D eigenvalue weighted by Gasteiger charge is -2.33. The Hall–Kier alpha value is -3.47. The minimum absolute atomic E-state index is 0.127. The van der Waals surface area contributed by atoms with E-state index in [0.717, 1.165) is 52.6 Å². The van der Waals surface area contributed by atoms with Gasteiger partial charge in [-0.2, -0.15) is 0 Å². The number of carbonyl (C=O) groups excluding carboxylic acids is 1. The van der Waals surface area contributed by atoms with E-state index in [9.17, 15) is 9.90 Å². The standard InChI is InChI=1S/C38H53N2O7/c1-38(2)46-29-33-25-32(18-19-36(33)47-38)35(41)26-39(37(42)45-28-30-14-9-8-10-15-30)20-11-6-7-12-21-43-22-23-44-27-31-16-13-17-34(24-31)40(3,4)5/h8-10,13-19,24-25,35,41H,6-7,11-12,20-23,26-29H2,1-5H3/q+1/t35-/m1/s1. The fourth-order valence-electron chi connectivity index (χ4n) is 5.28. The van der Waals surface area contributed by atoms with Crippen molar-refractivity contribution in [3.05, 3.63) is 95.1 Å². The predicted octanol–water partition coefficient (Wildman–Crippen LogP) is 6.99. The topological polar surface area (TPSA) is 86.7 Å². The summed E-state index contributed by atoms with van der Waals surface area (Å²) in [5.74, 6) is 0.0562. The van der Waals surface area contributed by atoms with Crippen LogP contribution in [0, 0.1) is 0 Å². The maximum atomic E-state index is 13.1. The van der Waals surface area contributed by atoms with Crippen LogP contribution < -0.4 is 9.22 Å². The summed E-state index contributed by atoms with van der Waals surface area (Å²) in [4.78, 5) is 14.8. The molecular weight excluding hydrogens is 596 g/mol. The molecule has 1 N–H and O–H groups in total. The Morgan fingerprint density at radius 3 is 2.40 bits per heavy atom. The van der Waals surface area contributed by atoms with Crippen molar-refractivity contribution in [1.29, 1.82) is 0 Å². The average Bonchev–Trinajstić information content (AvgIpc) is 3.05. The van der Waals surface area contributed by atoms with E-state index in [1.54, 1.807) is 4.90 Å². The highest BCUT2D eigenvalue weighted by Gasteiger charge is 2.28. The number of hydrogen-bond acceptors (Lipinski definition) is 7. The van der Waals surface area contributed by atoms with Crippen LogP contribution in [0.3, 0.4) is 0 Å². The smallest absolute Gasteiger partial charge is 0.410 e. The third kappa shape index (κ3) is 12.2. The quantitative estimate of drug-likeness (QED) is 0.117. The SMILES string of the molecule is CC1(C)OCc2cc([C@H](O)CN(CCCCCCOCCOCc3cccc([N+](C)(C)C)c3)C(=O)OCc3ccccc3)ccc2O1. The number of aliphatic hydroxyl groups is 1. The molecular formula is C38H53N2O7+. The van der Waals surface area contributed by atoms with Crippen LogP contribution in [-0.2, 0) is 38.8 Å². The van der Waals surface area contributed by atoms with Crippen molar-refractivity contribution in [1.82, 2.24) is 9.38 Å². The van der Waals surface area contributed by atoms with Crippen LogP contribution in [0.25, 0.3) is 0 Å². The second-order valence-electron chi connectivity index (χ2n) is 13.4. The van der Waals surface area contributed by atoms with E-state index in [0.29, 0.717) is 45.1 Å². The first-order chi connectivity index (χ1) is 22.5. The van der Waals surface area contributed by atoms with Gasteiger partial charge in [0.1, 0.15) is 18.0 Å². The Balaban J connectivity index is 1.17. The van der Waals surface area contributed by atoms with Crippen molar-refractivity contribution >= 4 is 11.8 Å². The normalized spacial score (nSPS) is 14.6. The zero-order valence-electron chi connectivity index (χ0n) is 28.8. The fraction of sp³-hybridized carbons (Fsp3) is 0.500. The number of unbranched alkanes of at least 4 members (excludes halogenated alkanes) is 3. The lowest BCUT2D eigenvalue weighted by atomic mass is 10.0. The molecule has 0 bridgehead atoms. The van der Waals surface area contributed by atoms with Crippen molar-refractivity contribution in [3.63, 3.8) is 0 Å². The van der Waals surface area contributed by atoms with Gasteiger partial charge in [0.05, 0.1) is 60.2 Å².